The van der Waals surface area contributed by atoms with E-state index in [2.05, 4.69) is 9.71 Å². The summed E-state index contributed by atoms with van der Waals surface area (Å²) < 4.78 is 24.7. The molecule has 4 nitrogen and oxygen atoms in total. The number of nitrogens with zero attached hydrogens (tertiary/aromatic N) is 2. The van der Waals surface area contributed by atoms with Crippen LogP contribution in [0, 0.1) is 6.92 Å². The zero-order chi connectivity index (χ0) is 9.19. The predicted molar refractivity (Wildman–Crippen MR) is 47.5 cm³/mol. The van der Waals surface area contributed by atoms with Crippen LogP contribution in [0.15, 0.2) is 5.38 Å². The maximum Gasteiger partial charge on any atom is 0.225 e. The molecular formula is C6H9N2O2S2. The largest absolute Gasteiger partial charge is 0.245 e. The van der Waals surface area contributed by atoms with Crippen LogP contribution in [0.4, 0.5) is 0 Å². The molecule has 1 aromatic heterocycles. The topological polar surface area (TPSA) is 61.1 Å². The first-order valence-corrected chi connectivity index (χ1v) is 6.00. The summed E-state index contributed by atoms with van der Waals surface area (Å²) >= 11 is 1.49. The van der Waals surface area contributed by atoms with Crippen molar-refractivity contribution in [2.75, 3.05) is 6.26 Å². The molecule has 67 valence electrons. The van der Waals surface area contributed by atoms with Gasteiger partial charge < -0.3 is 0 Å². The van der Waals surface area contributed by atoms with Gasteiger partial charge in [-0.3, -0.25) is 0 Å². The summed E-state index contributed by atoms with van der Waals surface area (Å²) in [5.74, 6) is 0. The Kier molecular flexibility index (Phi) is 2.81. The zero-order valence-corrected chi connectivity index (χ0v) is 8.44. The van der Waals surface area contributed by atoms with Gasteiger partial charge in [-0.05, 0) is 6.92 Å². The van der Waals surface area contributed by atoms with Crippen LogP contribution in [-0.4, -0.2) is 19.7 Å². The summed E-state index contributed by atoms with van der Waals surface area (Å²) in [6.07, 6.45) is 1.08. The fourth-order valence-electron chi connectivity index (χ4n) is 0.664. The minimum absolute atomic E-state index is 0.156. The molecule has 12 heavy (non-hydrogen) atoms. The molecule has 0 atom stereocenters. The van der Waals surface area contributed by atoms with Crippen LogP contribution >= 0.6 is 11.3 Å². The lowest BCUT2D eigenvalue weighted by molar-refractivity contribution is 0.585. The molecule has 0 spiro atoms. The van der Waals surface area contributed by atoms with E-state index in [-0.39, 0.29) is 6.54 Å². The van der Waals surface area contributed by atoms with Gasteiger partial charge >= 0.3 is 0 Å². The SMILES string of the molecule is Cc1nc(C[N]S(C)(=O)=O)cs1. The average molecular weight is 205 g/mol. The number of aryl methyl sites for hydroxylation is 1. The van der Waals surface area contributed by atoms with E-state index in [0.29, 0.717) is 5.69 Å². The minimum Gasteiger partial charge on any atom is -0.245 e. The van der Waals surface area contributed by atoms with Gasteiger partial charge in [0.05, 0.1) is 23.5 Å². The van der Waals surface area contributed by atoms with Crippen LogP contribution in [0.5, 0.6) is 0 Å². The normalized spacial score (nSPS) is 11.8. The van der Waals surface area contributed by atoms with Gasteiger partial charge in [-0.1, -0.05) is 0 Å². The number of rotatable bonds is 3. The second kappa shape index (κ2) is 3.51. The van der Waals surface area contributed by atoms with E-state index in [0.717, 1.165) is 11.3 Å². The van der Waals surface area contributed by atoms with Gasteiger partial charge in [0.15, 0.2) is 0 Å². The maximum absolute atomic E-state index is 10.6. The molecule has 1 aromatic rings. The summed E-state index contributed by atoms with van der Waals surface area (Å²) in [6.45, 7) is 2.03. The number of hydrogen-bond acceptors (Lipinski definition) is 4. The molecule has 0 aliphatic rings. The van der Waals surface area contributed by atoms with Crippen LogP contribution in [-0.2, 0) is 16.6 Å². The number of thiazole rings is 1. The Balaban J connectivity index is 2.55. The van der Waals surface area contributed by atoms with Crippen molar-refractivity contribution >= 4 is 21.4 Å². The van der Waals surface area contributed by atoms with Crippen molar-refractivity contribution in [2.24, 2.45) is 0 Å². The lowest BCUT2D eigenvalue weighted by atomic mass is 10.5. The summed E-state index contributed by atoms with van der Waals surface area (Å²) in [5.41, 5.74) is 0.711. The van der Waals surface area contributed by atoms with E-state index in [1.165, 1.54) is 11.3 Å². The highest BCUT2D eigenvalue weighted by Crippen LogP contribution is 2.07. The summed E-state index contributed by atoms with van der Waals surface area (Å²) in [6, 6.07) is 0. The number of aromatic nitrogens is 1. The van der Waals surface area contributed by atoms with Crippen LogP contribution in [0.25, 0.3) is 0 Å². The quantitative estimate of drug-likeness (QED) is 0.722. The standard InChI is InChI=1S/C6H9N2O2S2/c1-5-8-6(4-11-5)3-7-12(2,9)10/h4H,3H2,1-2H3. The molecule has 0 saturated carbocycles. The highest BCUT2D eigenvalue weighted by molar-refractivity contribution is 7.88. The van der Waals surface area contributed by atoms with Gasteiger partial charge in [0.2, 0.25) is 10.0 Å². The Hall–Kier alpha value is -0.460. The Morgan fingerprint density at radius 3 is 2.75 bits per heavy atom. The first-order valence-electron chi connectivity index (χ1n) is 3.27. The lowest BCUT2D eigenvalue weighted by Crippen LogP contribution is -2.13. The van der Waals surface area contributed by atoms with Gasteiger partial charge in [-0.2, -0.15) is 0 Å². The second-order valence-corrected chi connectivity index (χ2v) is 5.16. The first-order chi connectivity index (χ1) is 5.47. The van der Waals surface area contributed by atoms with Crippen LogP contribution in [0.1, 0.15) is 10.7 Å². The molecule has 0 aliphatic carbocycles. The van der Waals surface area contributed by atoms with Crippen LogP contribution in [0.3, 0.4) is 0 Å². The van der Waals surface area contributed by atoms with E-state index in [1.54, 1.807) is 0 Å². The highest BCUT2D eigenvalue weighted by Gasteiger charge is 2.04. The van der Waals surface area contributed by atoms with Crippen molar-refractivity contribution in [1.29, 1.82) is 0 Å². The van der Waals surface area contributed by atoms with Crippen molar-refractivity contribution in [2.45, 2.75) is 13.5 Å². The number of sulfonamides is 1. The van der Waals surface area contributed by atoms with E-state index in [4.69, 9.17) is 0 Å². The molecule has 0 aromatic carbocycles. The van der Waals surface area contributed by atoms with E-state index < -0.39 is 10.0 Å². The third-order valence-corrected chi connectivity index (χ3v) is 2.55. The molecule has 0 N–H and O–H groups in total. The smallest absolute Gasteiger partial charge is 0.225 e. The van der Waals surface area contributed by atoms with Crippen molar-refractivity contribution in [1.82, 2.24) is 9.71 Å². The molecule has 0 unspecified atom stereocenters. The summed E-state index contributed by atoms with van der Waals surface area (Å²) in [7, 11) is -3.22. The molecule has 1 rings (SSSR count). The van der Waals surface area contributed by atoms with Gasteiger partial charge in [-0.25, -0.2) is 13.4 Å². The van der Waals surface area contributed by atoms with Gasteiger partial charge in [0, 0.05) is 5.38 Å². The molecule has 1 radical (unpaired) electrons. The monoisotopic (exact) mass is 205 g/mol. The fraction of sp³-hybridized carbons (Fsp3) is 0.500. The van der Waals surface area contributed by atoms with Gasteiger partial charge in [0.1, 0.15) is 0 Å². The Morgan fingerprint density at radius 2 is 2.33 bits per heavy atom. The van der Waals surface area contributed by atoms with E-state index in [9.17, 15) is 8.42 Å². The molecule has 0 amide bonds. The first kappa shape index (κ1) is 9.63. The molecule has 0 bridgehead atoms. The Bertz CT molecular complexity index is 355. The average Bonchev–Trinajstić information content (AvgIpc) is 2.30. The van der Waals surface area contributed by atoms with Gasteiger partial charge in [0.25, 0.3) is 0 Å². The third kappa shape index (κ3) is 3.29. The molecule has 6 heteroatoms. The van der Waals surface area contributed by atoms with Gasteiger partial charge in [-0.15, -0.1) is 16.1 Å². The second-order valence-electron chi connectivity index (χ2n) is 2.38. The van der Waals surface area contributed by atoms with Crippen LogP contribution < -0.4 is 4.72 Å². The molecule has 0 saturated heterocycles. The molecule has 1 heterocycles. The highest BCUT2D eigenvalue weighted by atomic mass is 32.2. The minimum atomic E-state index is -3.22. The number of hydrogen-bond donors (Lipinski definition) is 0. The van der Waals surface area contributed by atoms with Crippen molar-refractivity contribution < 1.29 is 8.42 Å². The van der Waals surface area contributed by atoms with Crippen LogP contribution in [0.2, 0.25) is 0 Å². The van der Waals surface area contributed by atoms with E-state index in [1.807, 2.05) is 12.3 Å². The van der Waals surface area contributed by atoms with Crippen molar-refractivity contribution in [3.8, 4) is 0 Å². The summed E-state index contributed by atoms with van der Waals surface area (Å²) in [4.78, 5) is 4.07. The Labute approximate surface area is 75.7 Å². The molecular weight excluding hydrogens is 196 g/mol. The zero-order valence-electron chi connectivity index (χ0n) is 6.81. The third-order valence-electron chi connectivity index (χ3n) is 1.13. The van der Waals surface area contributed by atoms with Crippen molar-refractivity contribution in [3.63, 3.8) is 0 Å². The van der Waals surface area contributed by atoms with E-state index >= 15 is 0 Å². The lowest BCUT2D eigenvalue weighted by Gasteiger charge is -1.93. The molecule has 0 aliphatic heterocycles. The summed E-state index contributed by atoms with van der Waals surface area (Å²) in [5, 5.41) is 2.73. The predicted octanol–water partition coefficient (Wildman–Crippen LogP) is 0.516. The Morgan fingerprint density at radius 1 is 1.67 bits per heavy atom. The molecule has 0 fully saturated rings. The van der Waals surface area contributed by atoms with Crippen molar-refractivity contribution in [3.05, 3.63) is 16.1 Å². The fourth-order valence-corrected chi connectivity index (χ4v) is 1.63. The maximum atomic E-state index is 10.6.